The number of nitrogens with zero attached hydrogens (tertiary/aromatic N) is 1. The van der Waals surface area contributed by atoms with Gasteiger partial charge >= 0.3 is 0 Å². The van der Waals surface area contributed by atoms with Gasteiger partial charge in [0.2, 0.25) is 6.10 Å². The van der Waals surface area contributed by atoms with Gasteiger partial charge in [-0.25, -0.2) is 0 Å². The molecule has 1 amide bonds. The van der Waals surface area contributed by atoms with E-state index in [-0.39, 0.29) is 18.1 Å². The molecule has 0 saturated carbocycles. The van der Waals surface area contributed by atoms with Crippen molar-refractivity contribution in [3.8, 4) is 11.5 Å². The van der Waals surface area contributed by atoms with E-state index in [0.29, 0.717) is 30.5 Å². The van der Waals surface area contributed by atoms with E-state index >= 15 is 0 Å². The van der Waals surface area contributed by atoms with Crippen LogP contribution >= 0.6 is 0 Å². The van der Waals surface area contributed by atoms with Crippen molar-refractivity contribution in [3.05, 3.63) is 24.3 Å². The second-order valence-corrected chi connectivity index (χ2v) is 5.95. The summed E-state index contributed by atoms with van der Waals surface area (Å²) in [6, 6.07) is 7.39. The fourth-order valence-electron chi connectivity index (χ4n) is 2.53. The minimum Gasteiger partial charge on any atom is -0.485 e. The third kappa shape index (κ3) is 2.12. The highest BCUT2D eigenvalue weighted by Crippen LogP contribution is 2.33. The zero-order chi connectivity index (χ0) is 14.3. The molecule has 20 heavy (non-hydrogen) atoms. The molecule has 108 valence electrons. The summed E-state index contributed by atoms with van der Waals surface area (Å²) in [6.45, 7) is 5.60. The molecule has 2 aliphatic heterocycles. The summed E-state index contributed by atoms with van der Waals surface area (Å²) >= 11 is 0. The molecular formula is C15H20N2O3. The Bertz CT molecular complexity index is 524. The van der Waals surface area contributed by atoms with E-state index in [1.807, 2.05) is 24.3 Å². The third-order valence-corrected chi connectivity index (χ3v) is 4.22. The SMILES string of the molecule is CC(C)C1(N)CN(C(=O)C2COc3ccccc3O2)C1. The fraction of sp³-hybridized carbons (Fsp3) is 0.533. The molecule has 0 bridgehead atoms. The lowest BCUT2D eigenvalue weighted by atomic mass is 9.80. The normalized spacial score (nSPS) is 23.4. The van der Waals surface area contributed by atoms with Crippen LogP contribution in [0.2, 0.25) is 0 Å². The van der Waals surface area contributed by atoms with Gasteiger partial charge in [0.25, 0.3) is 5.91 Å². The summed E-state index contributed by atoms with van der Waals surface area (Å²) in [6.07, 6.45) is -0.568. The Balaban J connectivity index is 1.64. The lowest BCUT2D eigenvalue weighted by Crippen LogP contribution is -2.72. The van der Waals surface area contributed by atoms with Crippen molar-refractivity contribution in [3.63, 3.8) is 0 Å². The number of nitrogens with two attached hydrogens (primary N) is 1. The Hall–Kier alpha value is -1.75. The predicted molar refractivity (Wildman–Crippen MR) is 74.7 cm³/mol. The average molecular weight is 276 g/mol. The maximum absolute atomic E-state index is 12.4. The van der Waals surface area contributed by atoms with Crippen molar-refractivity contribution in [1.29, 1.82) is 0 Å². The number of fused-ring (bicyclic) bond motifs is 1. The van der Waals surface area contributed by atoms with Crippen LogP contribution in [-0.2, 0) is 4.79 Å². The minimum absolute atomic E-state index is 0.0405. The number of benzene rings is 1. The van der Waals surface area contributed by atoms with Crippen LogP contribution in [0.4, 0.5) is 0 Å². The van der Waals surface area contributed by atoms with Gasteiger partial charge in [-0.1, -0.05) is 26.0 Å². The maximum atomic E-state index is 12.4. The molecule has 1 unspecified atom stereocenters. The van der Waals surface area contributed by atoms with E-state index < -0.39 is 6.10 Å². The Morgan fingerprint density at radius 1 is 1.35 bits per heavy atom. The van der Waals surface area contributed by atoms with Gasteiger partial charge in [-0.2, -0.15) is 0 Å². The molecule has 1 saturated heterocycles. The van der Waals surface area contributed by atoms with Crippen LogP contribution in [0.5, 0.6) is 11.5 Å². The highest BCUT2D eigenvalue weighted by molar-refractivity contribution is 5.83. The first kappa shape index (κ1) is 13.2. The Labute approximate surface area is 118 Å². The first-order valence-electron chi connectivity index (χ1n) is 6.96. The Morgan fingerprint density at radius 2 is 2.00 bits per heavy atom. The van der Waals surface area contributed by atoms with Crippen LogP contribution in [0.25, 0.3) is 0 Å². The van der Waals surface area contributed by atoms with Crippen LogP contribution in [0.3, 0.4) is 0 Å². The summed E-state index contributed by atoms with van der Waals surface area (Å²) in [5, 5.41) is 0. The lowest BCUT2D eigenvalue weighted by molar-refractivity contribution is -0.150. The predicted octanol–water partition coefficient (Wildman–Crippen LogP) is 1.02. The first-order chi connectivity index (χ1) is 9.49. The molecule has 5 heteroatoms. The minimum atomic E-state index is -0.568. The number of ether oxygens (including phenoxy) is 2. The Kier molecular flexibility index (Phi) is 3.09. The van der Waals surface area contributed by atoms with Gasteiger partial charge in [-0.15, -0.1) is 0 Å². The monoisotopic (exact) mass is 276 g/mol. The number of amides is 1. The second-order valence-electron chi connectivity index (χ2n) is 5.95. The molecule has 0 spiro atoms. The van der Waals surface area contributed by atoms with Crippen molar-refractivity contribution in [1.82, 2.24) is 4.90 Å². The number of likely N-dealkylation sites (tertiary alicyclic amines) is 1. The van der Waals surface area contributed by atoms with Gasteiger partial charge in [0.1, 0.15) is 6.61 Å². The van der Waals surface area contributed by atoms with Gasteiger partial charge in [-0.05, 0) is 18.1 Å². The molecule has 2 N–H and O–H groups in total. The summed E-state index contributed by atoms with van der Waals surface area (Å²) in [7, 11) is 0. The molecule has 1 fully saturated rings. The van der Waals surface area contributed by atoms with Gasteiger partial charge in [0, 0.05) is 13.1 Å². The molecule has 2 heterocycles. The van der Waals surface area contributed by atoms with Gasteiger partial charge in [0.15, 0.2) is 11.5 Å². The summed E-state index contributed by atoms with van der Waals surface area (Å²) in [5.41, 5.74) is 5.95. The van der Waals surface area contributed by atoms with Gasteiger partial charge in [0.05, 0.1) is 5.54 Å². The molecule has 1 aromatic rings. The van der Waals surface area contributed by atoms with Crippen molar-refractivity contribution in [2.45, 2.75) is 25.5 Å². The topological polar surface area (TPSA) is 64.8 Å². The second kappa shape index (κ2) is 4.66. The zero-order valence-corrected chi connectivity index (χ0v) is 11.8. The van der Waals surface area contributed by atoms with Crippen LogP contribution in [0, 0.1) is 5.92 Å². The average Bonchev–Trinajstić information content (AvgIpc) is 2.42. The third-order valence-electron chi connectivity index (χ3n) is 4.22. The van der Waals surface area contributed by atoms with Crippen molar-refractivity contribution in [2.75, 3.05) is 19.7 Å². The summed E-state index contributed by atoms with van der Waals surface area (Å²) < 4.78 is 11.3. The lowest BCUT2D eigenvalue weighted by Gasteiger charge is -2.51. The molecule has 0 aliphatic carbocycles. The molecule has 2 aliphatic rings. The molecule has 5 nitrogen and oxygen atoms in total. The zero-order valence-electron chi connectivity index (χ0n) is 11.8. The van der Waals surface area contributed by atoms with Crippen LogP contribution in [0.1, 0.15) is 13.8 Å². The number of carbonyl (C=O) groups excluding carboxylic acids is 1. The highest BCUT2D eigenvalue weighted by Gasteiger charge is 2.46. The number of hydrogen-bond donors (Lipinski definition) is 1. The van der Waals surface area contributed by atoms with Crippen molar-refractivity contribution in [2.24, 2.45) is 11.7 Å². The molecule has 1 atom stereocenters. The number of carbonyl (C=O) groups is 1. The molecule has 0 radical (unpaired) electrons. The fourth-order valence-corrected chi connectivity index (χ4v) is 2.53. The quantitative estimate of drug-likeness (QED) is 0.876. The van der Waals surface area contributed by atoms with Crippen molar-refractivity contribution >= 4 is 5.91 Å². The highest BCUT2D eigenvalue weighted by atomic mass is 16.6. The standard InChI is InChI=1S/C15H20N2O3/c1-10(2)15(16)8-17(9-15)14(18)13-7-19-11-5-3-4-6-12(11)20-13/h3-6,10,13H,7-9,16H2,1-2H3. The van der Waals surface area contributed by atoms with E-state index in [1.54, 1.807) is 4.90 Å². The Morgan fingerprint density at radius 3 is 2.65 bits per heavy atom. The molecule has 3 rings (SSSR count). The smallest absolute Gasteiger partial charge is 0.267 e. The number of rotatable bonds is 2. The number of para-hydroxylation sites is 2. The molecular weight excluding hydrogens is 256 g/mol. The van der Waals surface area contributed by atoms with E-state index in [1.165, 1.54) is 0 Å². The van der Waals surface area contributed by atoms with Crippen molar-refractivity contribution < 1.29 is 14.3 Å². The van der Waals surface area contributed by atoms with E-state index in [9.17, 15) is 4.79 Å². The first-order valence-corrected chi connectivity index (χ1v) is 6.96. The van der Waals surface area contributed by atoms with Crippen LogP contribution in [0.15, 0.2) is 24.3 Å². The molecule has 0 aromatic heterocycles. The summed E-state index contributed by atoms with van der Waals surface area (Å²) in [4.78, 5) is 14.1. The van der Waals surface area contributed by atoms with E-state index in [2.05, 4.69) is 13.8 Å². The van der Waals surface area contributed by atoms with Crippen LogP contribution in [-0.4, -0.2) is 42.1 Å². The van der Waals surface area contributed by atoms with E-state index in [0.717, 1.165) is 0 Å². The largest absolute Gasteiger partial charge is 0.485 e. The number of hydrogen-bond acceptors (Lipinski definition) is 4. The van der Waals surface area contributed by atoms with Gasteiger partial charge in [-0.3, -0.25) is 4.79 Å². The van der Waals surface area contributed by atoms with Crippen LogP contribution < -0.4 is 15.2 Å². The van der Waals surface area contributed by atoms with Gasteiger partial charge < -0.3 is 20.1 Å². The van der Waals surface area contributed by atoms with E-state index in [4.69, 9.17) is 15.2 Å². The summed E-state index contributed by atoms with van der Waals surface area (Å²) in [5.74, 6) is 1.63. The maximum Gasteiger partial charge on any atom is 0.267 e. The molecule has 1 aromatic carbocycles.